The molecule has 0 bridgehead atoms. The van der Waals surface area contributed by atoms with Gasteiger partial charge in [0.1, 0.15) is 6.79 Å². The molecule has 218 valence electrons. The van der Waals surface area contributed by atoms with Gasteiger partial charge in [-0.2, -0.15) is 0 Å². The maximum atomic E-state index is 13.8. The maximum absolute atomic E-state index is 13.8. The van der Waals surface area contributed by atoms with Crippen LogP contribution in [0.2, 0.25) is 0 Å². The van der Waals surface area contributed by atoms with Crippen LogP contribution in [0.1, 0.15) is 31.2 Å². The maximum Gasteiger partial charge on any atom is 0.407 e. The predicted molar refractivity (Wildman–Crippen MR) is 144 cm³/mol. The first kappa shape index (κ1) is 28.5. The standard InChI is InChI=1S/C26H35N5O8S/c32-25(24(12-18-6-2-1-3-7-18)27-26(33)38-20-15-36-17-37-16-20)14-31(39-19-8-4-5-9-19)40(34,35)21-10-11-22-23(13-21)29-30-28-22/h1-3,6-7,10-11,13,19-20,24-25,28-30,32H,4-5,8-9,12,14-17H2,(H,27,33)/t24-,25+/m0/s1. The van der Waals surface area contributed by atoms with Gasteiger partial charge in [-0.05, 0) is 43.0 Å². The Kier molecular flexibility index (Phi) is 9.36. The van der Waals surface area contributed by atoms with E-state index >= 15 is 0 Å². The number of benzene rings is 2. The van der Waals surface area contributed by atoms with Gasteiger partial charge in [0.2, 0.25) is 0 Å². The predicted octanol–water partition coefficient (Wildman–Crippen LogP) is 1.88. The number of sulfonamides is 1. The average molecular weight is 578 g/mol. The van der Waals surface area contributed by atoms with Gasteiger partial charge in [0.25, 0.3) is 10.0 Å². The number of hydrazine groups is 2. The van der Waals surface area contributed by atoms with E-state index in [9.17, 15) is 18.3 Å². The third-order valence-electron chi connectivity index (χ3n) is 6.97. The number of anilines is 2. The fraction of sp³-hybridized carbons (Fsp3) is 0.500. The number of hydrogen-bond donors (Lipinski definition) is 5. The Hall–Kier alpha value is -2.98. The van der Waals surface area contributed by atoms with Gasteiger partial charge in [0, 0.05) is 0 Å². The number of amides is 1. The second-order valence-corrected chi connectivity index (χ2v) is 11.8. The number of aliphatic hydroxyl groups is 1. The van der Waals surface area contributed by atoms with Crippen LogP contribution in [-0.4, -0.2) is 75.0 Å². The molecule has 0 spiro atoms. The van der Waals surface area contributed by atoms with Crippen molar-refractivity contribution < 1.29 is 37.4 Å². The lowest BCUT2D eigenvalue weighted by molar-refractivity contribution is -0.153. The van der Waals surface area contributed by atoms with Crippen LogP contribution in [0.4, 0.5) is 16.2 Å². The van der Waals surface area contributed by atoms with Gasteiger partial charge in [-0.1, -0.05) is 47.6 Å². The molecule has 0 unspecified atom stereocenters. The fourth-order valence-corrected chi connectivity index (χ4v) is 6.17. The Balaban J connectivity index is 1.35. The van der Waals surface area contributed by atoms with Gasteiger partial charge in [-0.25, -0.2) is 13.2 Å². The van der Waals surface area contributed by atoms with Crippen LogP contribution in [0.3, 0.4) is 0 Å². The Bertz CT molecular complexity index is 1240. The molecule has 2 fully saturated rings. The second-order valence-electron chi connectivity index (χ2n) is 9.98. The van der Waals surface area contributed by atoms with Crippen molar-refractivity contribution in [3.05, 3.63) is 54.1 Å². The molecule has 0 aromatic heterocycles. The molecule has 14 heteroatoms. The number of hydrogen-bond acceptors (Lipinski definition) is 11. The van der Waals surface area contributed by atoms with Crippen molar-refractivity contribution in [1.82, 2.24) is 15.3 Å². The summed E-state index contributed by atoms with van der Waals surface area (Å²) in [5.74, 6) is 0. The van der Waals surface area contributed by atoms with Crippen molar-refractivity contribution in [1.29, 1.82) is 0 Å². The monoisotopic (exact) mass is 577 g/mol. The molecule has 1 amide bonds. The van der Waals surface area contributed by atoms with Crippen molar-refractivity contribution in [3.63, 3.8) is 0 Å². The smallest absolute Gasteiger partial charge is 0.407 e. The third-order valence-corrected chi connectivity index (χ3v) is 8.59. The molecule has 0 radical (unpaired) electrons. The number of rotatable bonds is 11. The second kappa shape index (κ2) is 13.1. The van der Waals surface area contributed by atoms with Crippen molar-refractivity contribution >= 4 is 27.5 Å². The Morgan fingerprint density at radius 1 is 1.05 bits per heavy atom. The topological polar surface area (TPSA) is 160 Å². The number of hydroxylamine groups is 1. The lowest BCUT2D eigenvalue weighted by Crippen LogP contribution is -2.52. The van der Waals surface area contributed by atoms with E-state index in [2.05, 4.69) is 21.7 Å². The van der Waals surface area contributed by atoms with Crippen molar-refractivity contribution in [2.45, 2.75) is 61.4 Å². The van der Waals surface area contributed by atoms with E-state index < -0.39 is 40.9 Å². The van der Waals surface area contributed by atoms with Gasteiger partial charge >= 0.3 is 6.09 Å². The fourth-order valence-electron chi connectivity index (χ4n) is 4.84. The molecule has 2 aliphatic heterocycles. The highest BCUT2D eigenvalue weighted by atomic mass is 32.2. The van der Waals surface area contributed by atoms with E-state index in [4.69, 9.17) is 19.0 Å². The number of aliphatic hydroxyl groups excluding tert-OH is 1. The Labute approximate surface area is 233 Å². The molecule has 2 aromatic rings. The molecule has 40 heavy (non-hydrogen) atoms. The zero-order chi connectivity index (χ0) is 28.0. The minimum absolute atomic E-state index is 0.00118. The normalized spacial score (nSPS) is 19.4. The van der Waals surface area contributed by atoms with Crippen LogP contribution < -0.4 is 21.7 Å². The summed E-state index contributed by atoms with van der Waals surface area (Å²) in [5.41, 5.74) is 10.5. The number of nitrogens with zero attached hydrogens (tertiary/aromatic N) is 1. The van der Waals surface area contributed by atoms with Crippen LogP contribution in [0.15, 0.2) is 53.4 Å². The van der Waals surface area contributed by atoms with E-state index in [1.165, 1.54) is 12.1 Å². The zero-order valence-corrected chi connectivity index (χ0v) is 22.8. The molecule has 13 nitrogen and oxygen atoms in total. The van der Waals surface area contributed by atoms with E-state index in [1.54, 1.807) is 6.07 Å². The molecule has 1 saturated carbocycles. The summed E-state index contributed by atoms with van der Waals surface area (Å²) in [4.78, 5) is 18.8. The molecule has 5 rings (SSSR count). The first-order valence-corrected chi connectivity index (χ1v) is 14.8. The molecular formula is C26H35N5O8S. The third kappa shape index (κ3) is 7.20. The van der Waals surface area contributed by atoms with Crippen molar-refractivity contribution in [2.24, 2.45) is 0 Å². The summed E-state index contributed by atoms with van der Waals surface area (Å²) in [7, 11) is -4.18. The van der Waals surface area contributed by atoms with Crippen molar-refractivity contribution in [3.8, 4) is 0 Å². The van der Waals surface area contributed by atoms with Crippen LogP contribution in [0.25, 0.3) is 0 Å². The van der Waals surface area contributed by atoms with Crippen LogP contribution in [0.5, 0.6) is 0 Å². The van der Waals surface area contributed by atoms with Gasteiger partial charge in [0.05, 0.1) is 54.3 Å². The number of fused-ring (bicyclic) bond motifs is 1. The average Bonchev–Trinajstić information content (AvgIpc) is 3.65. The lowest BCUT2D eigenvalue weighted by Gasteiger charge is -2.31. The number of alkyl carbamates (subject to hydrolysis) is 1. The minimum atomic E-state index is -4.18. The zero-order valence-electron chi connectivity index (χ0n) is 22.0. The molecular weight excluding hydrogens is 542 g/mol. The largest absolute Gasteiger partial charge is 0.441 e. The first-order chi connectivity index (χ1) is 19.4. The van der Waals surface area contributed by atoms with Crippen molar-refractivity contribution in [2.75, 3.05) is 37.4 Å². The number of carbonyl (C=O) groups is 1. The van der Waals surface area contributed by atoms with Crippen LogP contribution >= 0.6 is 0 Å². The molecule has 1 saturated heterocycles. The summed E-state index contributed by atoms with van der Waals surface area (Å²) in [6, 6.07) is 13.0. The highest BCUT2D eigenvalue weighted by Gasteiger charge is 2.35. The molecule has 2 heterocycles. The molecule has 5 N–H and O–H groups in total. The van der Waals surface area contributed by atoms with E-state index in [1.807, 2.05) is 30.3 Å². The quantitative estimate of drug-likeness (QED) is 0.248. The first-order valence-electron chi connectivity index (χ1n) is 13.3. The summed E-state index contributed by atoms with van der Waals surface area (Å²) >= 11 is 0. The SMILES string of the molecule is O=C(N[C@@H](Cc1ccccc1)[C@H](O)CN(OC1CCCC1)S(=O)(=O)c1ccc2c(c1)NNN2)OC1COCOC1. The molecule has 1 aliphatic carbocycles. The summed E-state index contributed by atoms with van der Waals surface area (Å²) in [5, 5.41) is 14.1. The van der Waals surface area contributed by atoms with Gasteiger partial charge in [-0.3, -0.25) is 4.84 Å². The summed E-state index contributed by atoms with van der Waals surface area (Å²) in [6.07, 6.45) is 0.522. The highest BCUT2D eigenvalue weighted by molar-refractivity contribution is 7.89. The lowest BCUT2D eigenvalue weighted by atomic mass is 10.0. The highest BCUT2D eigenvalue weighted by Crippen LogP contribution is 2.31. The minimum Gasteiger partial charge on any atom is -0.441 e. The van der Waals surface area contributed by atoms with E-state index in [-0.39, 0.29) is 37.4 Å². The summed E-state index contributed by atoms with van der Waals surface area (Å²) in [6.45, 7) is 0.116. The van der Waals surface area contributed by atoms with Gasteiger partial charge in [0.15, 0.2) is 6.10 Å². The number of carbonyl (C=O) groups excluding carboxylic acids is 1. The molecule has 2 atom stereocenters. The van der Waals surface area contributed by atoms with Gasteiger partial charge < -0.3 is 35.5 Å². The number of nitrogens with one attached hydrogen (secondary N) is 4. The Morgan fingerprint density at radius 3 is 2.52 bits per heavy atom. The molecule has 3 aliphatic rings. The van der Waals surface area contributed by atoms with Gasteiger partial charge in [-0.15, -0.1) is 5.53 Å². The molecule has 2 aromatic carbocycles. The van der Waals surface area contributed by atoms with Crippen LogP contribution in [-0.2, 0) is 35.5 Å². The Morgan fingerprint density at radius 2 is 1.77 bits per heavy atom. The van der Waals surface area contributed by atoms with E-state index in [0.29, 0.717) is 24.2 Å². The van der Waals surface area contributed by atoms with E-state index in [0.717, 1.165) is 22.9 Å². The number of ether oxygens (including phenoxy) is 3. The summed E-state index contributed by atoms with van der Waals surface area (Å²) < 4.78 is 44.2. The van der Waals surface area contributed by atoms with Crippen LogP contribution in [0, 0.1) is 0 Å².